The molecular formula is C41H57N5O7. The average molecular weight is 732 g/mol. The zero-order valence-electron chi connectivity index (χ0n) is 31.7. The van der Waals surface area contributed by atoms with Crippen LogP contribution in [0.15, 0.2) is 36.4 Å². The number of aryl methyl sites for hydroxylation is 2. The number of nitrogens with zero attached hydrogens (tertiary/aromatic N) is 4. The van der Waals surface area contributed by atoms with E-state index < -0.39 is 12.2 Å². The van der Waals surface area contributed by atoms with Crippen LogP contribution in [0.1, 0.15) is 80.5 Å². The van der Waals surface area contributed by atoms with Gasteiger partial charge in [0, 0.05) is 63.3 Å². The molecule has 0 unspecified atom stereocenters. The first-order valence-electron chi connectivity index (χ1n) is 19.7. The molecule has 0 aromatic heterocycles. The summed E-state index contributed by atoms with van der Waals surface area (Å²) >= 11 is 0. The van der Waals surface area contributed by atoms with Crippen LogP contribution in [0.5, 0.6) is 5.75 Å². The van der Waals surface area contributed by atoms with Gasteiger partial charge in [-0.1, -0.05) is 30.3 Å². The number of aromatic hydroxyl groups is 1. The number of para-hydroxylation sites is 1. The van der Waals surface area contributed by atoms with Crippen molar-refractivity contribution >= 4 is 29.7 Å². The zero-order chi connectivity index (χ0) is 37.5. The van der Waals surface area contributed by atoms with Crippen molar-refractivity contribution in [2.45, 2.75) is 103 Å². The highest BCUT2D eigenvalue weighted by molar-refractivity contribution is 5.91. The van der Waals surface area contributed by atoms with Crippen LogP contribution in [0.2, 0.25) is 0 Å². The summed E-state index contributed by atoms with van der Waals surface area (Å²) in [6.45, 7) is 10.6. The molecule has 2 aromatic carbocycles. The molecule has 288 valence electrons. The number of rotatable bonds is 10. The third-order valence-corrected chi connectivity index (χ3v) is 11.8. The van der Waals surface area contributed by atoms with Crippen molar-refractivity contribution in [3.05, 3.63) is 58.7 Å². The van der Waals surface area contributed by atoms with Crippen LogP contribution in [0.4, 0.5) is 15.3 Å². The lowest BCUT2D eigenvalue weighted by Gasteiger charge is -2.42. The summed E-state index contributed by atoms with van der Waals surface area (Å²) in [5.74, 6) is 0.469. The van der Waals surface area contributed by atoms with Crippen LogP contribution < -0.4 is 5.32 Å². The maximum atomic E-state index is 14.2. The molecule has 0 bridgehead atoms. The Morgan fingerprint density at radius 2 is 1.51 bits per heavy atom. The number of benzene rings is 2. The number of ether oxygens (including phenoxy) is 2. The molecule has 4 amide bonds. The van der Waals surface area contributed by atoms with E-state index in [2.05, 4.69) is 10.2 Å². The van der Waals surface area contributed by atoms with Crippen molar-refractivity contribution in [3.8, 4) is 5.75 Å². The number of likely N-dealkylation sites (tertiary alicyclic amines) is 3. The molecule has 3 saturated heterocycles. The number of carbonyl (C=O) groups excluding carboxylic acids is 4. The number of hydrogen-bond donors (Lipinski definition) is 2. The van der Waals surface area contributed by atoms with E-state index in [1.807, 2.05) is 67.0 Å². The Kier molecular flexibility index (Phi) is 12.8. The van der Waals surface area contributed by atoms with Gasteiger partial charge in [0.05, 0.1) is 6.61 Å². The average Bonchev–Trinajstić information content (AvgIpc) is 3.34. The van der Waals surface area contributed by atoms with Gasteiger partial charge in [0.15, 0.2) is 6.10 Å². The molecule has 4 heterocycles. The molecule has 0 aliphatic carbocycles. The molecule has 12 nitrogen and oxygen atoms in total. The molecule has 3 fully saturated rings. The summed E-state index contributed by atoms with van der Waals surface area (Å²) in [6.07, 6.45) is 5.96. The zero-order valence-corrected chi connectivity index (χ0v) is 31.7. The highest BCUT2D eigenvalue weighted by Crippen LogP contribution is 2.29. The fraction of sp³-hybridized carbons (Fsp3) is 0.610. The Morgan fingerprint density at radius 3 is 2.19 bits per heavy atom. The number of piperidine rings is 3. The number of hydrogen-bond acceptors (Lipinski definition) is 8. The molecule has 53 heavy (non-hydrogen) atoms. The van der Waals surface area contributed by atoms with Crippen molar-refractivity contribution < 1.29 is 33.8 Å². The second kappa shape index (κ2) is 17.7. The minimum Gasteiger partial charge on any atom is -0.507 e. The SMILES string of the molecule is CCOC(=O)CCC1CCN(C2CCN(C(=O)[C@@H](Cc3cc(C)c(O)c(C)c3)OC(=O)N3CCC(N4CCc5ccccc5NC4=O)CC3)CC2)CC1. The van der Waals surface area contributed by atoms with Crippen LogP contribution in [0.3, 0.4) is 0 Å². The molecule has 1 atom stereocenters. The van der Waals surface area contributed by atoms with Crippen LogP contribution >= 0.6 is 0 Å². The van der Waals surface area contributed by atoms with Gasteiger partial charge in [0.2, 0.25) is 0 Å². The molecule has 2 N–H and O–H groups in total. The minimum absolute atomic E-state index is 0.00502. The first kappa shape index (κ1) is 38.4. The molecule has 0 radical (unpaired) electrons. The van der Waals surface area contributed by atoms with E-state index in [0.29, 0.717) is 81.7 Å². The minimum atomic E-state index is -0.995. The Balaban J connectivity index is 1.03. The molecular weight excluding hydrogens is 674 g/mol. The van der Waals surface area contributed by atoms with Crippen LogP contribution in [-0.2, 0) is 31.9 Å². The summed E-state index contributed by atoms with van der Waals surface area (Å²) in [5.41, 5.74) is 4.23. The highest BCUT2D eigenvalue weighted by atomic mass is 16.6. The molecule has 4 aliphatic rings. The van der Waals surface area contributed by atoms with E-state index in [1.54, 1.807) is 4.90 Å². The van der Waals surface area contributed by atoms with Crippen LogP contribution in [-0.4, -0.2) is 119 Å². The third-order valence-electron chi connectivity index (χ3n) is 11.8. The fourth-order valence-electron chi connectivity index (χ4n) is 8.67. The van der Waals surface area contributed by atoms with Gasteiger partial charge < -0.3 is 39.5 Å². The molecule has 2 aromatic rings. The third kappa shape index (κ3) is 9.62. The quantitative estimate of drug-likeness (QED) is 0.300. The summed E-state index contributed by atoms with van der Waals surface area (Å²) < 4.78 is 11.2. The second-order valence-electron chi connectivity index (χ2n) is 15.3. The molecule has 4 aliphatic heterocycles. The highest BCUT2D eigenvalue weighted by Gasteiger charge is 2.37. The Bertz CT molecular complexity index is 1590. The van der Waals surface area contributed by atoms with Gasteiger partial charge in [-0.3, -0.25) is 9.59 Å². The largest absolute Gasteiger partial charge is 0.507 e. The second-order valence-corrected chi connectivity index (χ2v) is 15.3. The van der Waals surface area contributed by atoms with Crippen molar-refractivity contribution in [3.63, 3.8) is 0 Å². The number of urea groups is 1. The van der Waals surface area contributed by atoms with Gasteiger partial charge in [0.1, 0.15) is 5.75 Å². The van der Waals surface area contributed by atoms with E-state index >= 15 is 0 Å². The van der Waals surface area contributed by atoms with Crippen LogP contribution in [0, 0.1) is 19.8 Å². The molecule has 0 saturated carbocycles. The standard InChI is InChI=1S/C41H57N5O7/c1-4-52-37(47)10-9-30-11-18-43(19-12-30)33-14-20-44(21-15-33)39(49)36(27-31-25-28(2)38(48)29(3)26-31)53-41(51)45-22-16-34(17-23-45)46-24-13-32-7-5-6-8-35(32)42-40(46)50/h5-8,25-26,30,33-34,36,48H,4,9-24,27H2,1-3H3,(H,42,50)/t36-/m1/s1. The number of fused-ring (bicyclic) bond motifs is 1. The van der Waals surface area contributed by atoms with E-state index in [-0.39, 0.29) is 36.1 Å². The fourth-order valence-corrected chi connectivity index (χ4v) is 8.67. The van der Waals surface area contributed by atoms with Gasteiger partial charge in [-0.2, -0.15) is 0 Å². The van der Waals surface area contributed by atoms with Gasteiger partial charge in [-0.15, -0.1) is 0 Å². The van der Waals surface area contributed by atoms with E-state index in [1.165, 1.54) is 0 Å². The number of phenolic OH excluding ortho intramolecular Hbond substituents is 1. The van der Waals surface area contributed by atoms with Crippen molar-refractivity contribution in [1.29, 1.82) is 0 Å². The van der Waals surface area contributed by atoms with Gasteiger partial charge in [0.25, 0.3) is 5.91 Å². The number of phenols is 1. The predicted molar refractivity (Wildman–Crippen MR) is 202 cm³/mol. The van der Waals surface area contributed by atoms with Crippen molar-refractivity contribution in [1.82, 2.24) is 19.6 Å². The van der Waals surface area contributed by atoms with Crippen molar-refractivity contribution in [2.75, 3.05) is 57.7 Å². The lowest BCUT2D eigenvalue weighted by Crippen LogP contribution is -2.53. The molecule has 0 spiro atoms. The van der Waals surface area contributed by atoms with E-state index in [4.69, 9.17) is 9.47 Å². The van der Waals surface area contributed by atoms with Crippen LogP contribution in [0.25, 0.3) is 0 Å². The lowest BCUT2D eigenvalue weighted by molar-refractivity contribution is -0.144. The monoisotopic (exact) mass is 731 g/mol. The van der Waals surface area contributed by atoms with Gasteiger partial charge in [-0.05, 0) is 119 Å². The Hall–Kier alpha value is -4.32. The summed E-state index contributed by atoms with van der Waals surface area (Å²) in [4.78, 5) is 60.7. The Morgan fingerprint density at radius 1 is 0.868 bits per heavy atom. The summed E-state index contributed by atoms with van der Waals surface area (Å²) in [7, 11) is 0. The van der Waals surface area contributed by atoms with Crippen molar-refractivity contribution in [2.24, 2.45) is 5.92 Å². The van der Waals surface area contributed by atoms with Gasteiger partial charge in [-0.25, -0.2) is 9.59 Å². The van der Waals surface area contributed by atoms with E-state index in [0.717, 1.165) is 68.4 Å². The van der Waals surface area contributed by atoms with Gasteiger partial charge >= 0.3 is 18.1 Å². The number of amides is 4. The summed E-state index contributed by atoms with van der Waals surface area (Å²) in [6, 6.07) is 11.9. The smallest absolute Gasteiger partial charge is 0.410 e. The molecule has 6 rings (SSSR count). The summed E-state index contributed by atoms with van der Waals surface area (Å²) in [5, 5.41) is 13.4. The first-order chi connectivity index (χ1) is 25.6. The lowest BCUT2D eigenvalue weighted by atomic mass is 9.90. The first-order valence-corrected chi connectivity index (χ1v) is 19.7. The molecule has 12 heteroatoms. The normalized spacial score (nSPS) is 20.0. The maximum absolute atomic E-state index is 14.2. The number of nitrogens with one attached hydrogen (secondary N) is 1. The number of anilines is 1. The maximum Gasteiger partial charge on any atom is 0.410 e. The topological polar surface area (TPSA) is 132 Å². The Labute approximate surface area is 313 Å². The van der Waals surface area contributed by atoms with E-state index in [9.17, 15) is 24.3 Å². The number of esters is 1. The number of carbonyl (C=O) groups is 4. The predicted octanol–water partition coefficient (Wildman–Crippen LogP) is 5.66.